The Morgan fingerprint density at radius 1 is 1.53 bits per heavy atom. The van der Waals surface area contributed by atoms with Gasteiger partial charge < -0.3 is 5.32 Å². The van der Waals surface area contributed by atoms with Crippen LogP contribution in [0, 0.1) is 6.92 Å². The Balaban J connectivity index is 2.45. The molecule has 1 aromatic rings. The van der Waals surface area contributed by atoms with E-state index in [0.29, 0.717) is 0 Å². The molecule has 1 heterocycles. The van der Waals surface area contributed by atoms with Gasteiger partial charge in [0.15, 0.2) is 0 Å². The molecule has 0 aliphatic heterocycles. The van der Waals surface area contributed by atoms with E-state index in [9.17, 15) is 0 Å². The smallest absolute Gasteiger partial charge is 0.0605 e. The van der Waals surface area contributed by atoms with Crippen molar-refractivity contribution in [3.63, 3.8) is 0 Å². The maximum Gasteiger partial charge on any atom is 0.0605 e. The molecule has 0 saturated heterocycles. The molecule has 4 heteroatoms. The zero-order valence-corrected chi connectivity index (χ0v) is 12.7. The Bertz CT molecular complexity index is 400. The molecule has 0 aliphatic carbocycles. The van der Waals surface area contributed by atoms with Gasteiger partial charge in [0, 0.05) is 38.1 Å². The normalized spacial score (nSPS) is 10.5. The molecule has 104 valence electrons. The Morgan fingerprint density at radius 3 is 2.89 bits per heavy atom. The Hall–Kier alpha value is -1.26. The van der Waals surface area contributed by atoms with Crippen molar-refractivity contribution in [2.24, 2.45) is 0 Å². The first kappa shape index (κ1) is 15.8. The molecule has 3 nitrogen and oxygen atoms in total. The van der Waals surface area contributed by atoms with Gasteiger partial charge in [-0.1, -0.05) is 18.7 Å². The Kier molecular flexibility index (Phi) is 7.30. The zero-order valence-electron chi connectivity index (χ0n) is 11.9. The van der Waals surface area contributed by atoms with Crippen molar-refractivity contribution < 1.29 is 0 Å². The van der Waals surface area contributed by atoms with Crippen LogP contribution in [0.2, 0.25) is 0 Å². The first-order chi connectivity index (χ1) is 9.15. The van der Waals surface area contributed by atoms with E-state index in [1.54, 1.807) is 11.8 Å². The number of aromatic nitrogens is 1. The summed E-state index contributed by atoms with van der Waals surface area (Å²) in [4.78, 5) is 6.66. The fourth-order valence-corrected chi connectivity index (χ4v) is 1.94. The van der Waals surface area contributed by atoms with Crippen molar-refractivity contribution in [2.75, 3.05) is 25.9 Å². The number of rotatable bonds is 9. The van der Waals surface area contributed by atoms with E-state index < -0.39 is 0 Å². The molecule has 0 aliphatic rings. The van der Waals surface area contributed by atoms with E-state index in [-0.39, 0.29) is 0 Å². The van der Waals surface area contributed by atoms with E-state index in [1.165, 1.54) is 5.56 Å². The standard InChI is InChI=1S/C15H23N3S/c1-5-9-18(10-8-16-14(3)19-4)12-15-7-6-13(2)17-11-15/h5-7,11,16H,1,3,8-10,12H2,2,4H3. The minimum absolute atomic E-state index is 0.876. The molecule has 1 rings (SSSR count). The molecule has 0 unspecified atom stereocenters. The summed E-state index contributed by atoms with van der Waals surface area (Å²) in [6.07, 6.45) is 5.90. The van der Waals surface area contributed by atoms with E-state index in [0.717, 1.165) is 36.9 Å². The predicted octanol–water partition coefficient (Wildman–Crippen LogP) is 2.80. The summed E-state index contributed by atoms with van der Waals surface area (Å²) in [5.41, 5.74) is 2.29. The number of aryl methyl sites for hydroxylation is 1. The second kappa shape index (κ2) is 8.77. The lowest BCUT2D eigenvalue weighted by Crippen LogP contribution is -2.31. The number of thioether (sulfide) groups is 1. The van der Waals surface area contributed by atoms with Crippen LogP contribution in [0.4, 0.5) is 0 Å². The number of pyridine rings is 1. The fraction of sp³-hybridized carbons (Fsp3) is 0.400. The van der Waals surface area contributed by atoms with Gasteiger partial charge in [-0.15, -0.1) is 18.3 Å². The summed E-state index contributed by atoms with van der Waals surface area (Å²) >= 11 is 1.64. The molecular formula is C15H23N3S. The van der Waals surface area contributed by atoms with Gasteiger partial charge in [-0.3, -0.25) is 9.88 Å². The lowest BCUT2D eigenvalue weighted by molar-refractivity contribution is 0.297. The van der Waals surface area contributed by atoms with Crippen molar-refractivity contribution >= 4 is 11.8 Å². The van der Waals surface area contributed by atoms with Crippen LogP contribution >= 0.6 is 11.8 Å². The van der Waals surface area contributed by atoms with Gasteiger partial charge in [-0.2, -0.15) is 0 Å². The van der Waals surface area contributed by atoms with Gasteiger partial charge in [0.1, 0.15) is 0 Å². The summed E-state index contributed by atoms with van der Waals surface area (Å²) in [7, 11) is 0. The van der Waals surface area contributed by atoms with Gasteiger partial charge in [0.2, 0.25) is 0 Å². The van der Waals surface area contributed by atoms with E-state index in [1.807, 2.05) is 25.5 Å². The summed E-state index contributed by atoms with van der Waals surface area (Å²) in [5, 5.41) is 4.30. The third-order valence-corrected chi connectivity index (χ3v) is 3.40. The average molecular weight is 277 g/mol. The fourth-order valence-electron chi connectivity index (χ4n) is 1.69. The first-order valence-electron chi connectivity index (χ1n) is 6.37. The minimum atomic E-state index is 0.876. The maximum absolute atomic E-state index is 4.33. The minimum Gasteiger partial charge on any atom is -0.379 e. The van der Waals surface area contributed by atoms with Crippen LogP contribution in [0.3, 0.4) is 0 Å². The molecule has 0 amide bonds. The van der Waals surface area contributed by atoms with E-state index >= 15 is 0 Å². The quantitative estimate of drug-likeness (QED) is 0.703. The van der Waals surface area contributed by atoms with Crippen LogP contribution in [0.25, 0.3) is 0 Å². The van der Waals surface area contributed by atoms with Gasteiger partial charge in [-0.25, -0.2) is 0 Å². The van der Waals surface area contributed by atoms with Gasteiger partial charge in [0.25, 0.3) is 0 Å². The third kappa shape index (κ3) is 6.45. The van der Waals surface area contributed by atoms with Crippen LogP contribution in [0.1, 0.15) is 11.3 Å². The average Bonchev–Trinajstić information content (AvgIpc) is 2.41. The second-order valence-corrected chi connectivity index (χ2v) is 5.29. The van der Waals surface area contributed by atoms with E-state index in [2.05, 4.69) is 40.5 Å². The predicted molar refractivity (Wildman–Crippen MR) is 85.1 cm³/mol. The van der Waals surface area contributed by atoms with Crippen LogP contribution in [-0.2, 0) is 6.54 Å². The molecule has 0 spiro atoms. The molecule has 0 fully saturated rings. The molecule has 19 heavy (non-hydrogen) atoms. The summed E-state index contributed by atoms with van der Waals surface area (Å²) in [6, 6.07) is 4.18. The highest BCUT2D eigenvalue weighted by atomic mass is 32.2. The van der Waals surface area contributed by atoms with Crippen LogP contribution in [-0.4, -0.2) is 35.8 Å². The van der Waals surface area contributed by atoms with Crippen LogP contribution in [0.15, 0.2) is 42.6 Å². The number of hydrogen-bond donors (Lipinski definition) is 1. The molecule has 1 aromatic heterocycles. The van der Waals surface area contributed by atoms with Gasteiger partial charge in [0.05, 0.1) is 5.03 Å². The summed E-state index contributed by atoms with van der Waals surface area (Å²) in [6.45, 7) is 13.4. The zero-order chi connectivity index (χ0) is 14.1. The molecule has 0 atom stereocenters. The van der Waals surface area contributed by atoms with Crippen molar-refractivity contribution in [2.45, 2.75) is 13.5 Å². The monoisotopic (exact) mass is 277 g/mol. The molecule has 1 N–H and O–H groups in total. The van der Waals surface area contributed by atoms with Crippen LogP contribution < -0.4 is 5.32 Å². The third-order valence-electron chi connectivity index (χ3n) is 2.76. The number of nitrogens with zero attached hydrogens (tertiary/aromatic N) is 2. The molecule has 0 saturated carbocycles. The van der Waals surface area contributed by atoms with E-state index in [4.69, 9.17) is 0 Å². The van der Waals surface area contributed by atoms with Gasteiger partial charge in [-0.05, 0) is 24.8 Å². The topological polar surface area (TPSA) is 28.2 Å². The number of hydrogen-bond acceptors (Lipinski definition) is 4. The highest BCUT2D eigenvalue weighted by Crippen LogP contribution is 2.05. The van der Waals surface area contributed by atoms with Crippen molar-refractivity contribution in [1.82, 2.24) is 15.2 Å². The largest absolute Gasteiger partial charge is 0.379 e. The Morgan fingerprint density at radius 2 is 2.32 bits per heavy atom. The van der Waals surface area contributed by atoms with Crippen molar-refractivity contribution in [3.05, 3.63) is 53.8 Å². The lowest BCUT2D eigenvalue weighted by Gasteiger charge is -2.21. The first-order valence-corrected chi connectivity index (χ1v) is 7.59. The highest BCUT2D eigenvalue weighted by molar-refractivity contribution is 8.02. The summed E-state index contributed by atoms with van der Waals surface area (Å²) < 4.78 is 0. The Labute approximate surface area is 120 Å². The van der Waals surface area contributed by atoms with Crippen molar-refractivity contribution in [1.29, 1.82) is 0 Å². The molecule has 0 radical (unpaired) electrons. The molecular weight excluding hydrogens is 254 g/mol. The summed E-state index contributed by atoms with van der Waals surface area (Å²) in [5.74, 6) is 0. The lowest BCUT2D eigenvalue weighted by atomic mass is 10.2. The molecule has 0 aromatic carbocycles. The molecule has 0 bridgehead atoms. The maximum atomic E-state index is 4.33. The SMILES string of the molecule is C=CCN(CCNC(=C)SC)Cc1ccc(C)nc1. The van der Waals surface area contributed by atoms with Gasteiger partial charge >= 0.3 is 0 Å². The number of nitrogens with one attached hydrogen (secondary N) is 1. The second-order valence-electron chi connectivity index (χ2n) is 4.39. The van der Waals surface area contributed by atoms with Crippen molar-refractivity contribution in [3.8, 4) is 0 Å². The highest BCUT2D eigenvalue weighted by Gasteiger charge is 2.04. The van der Waals surface area contributed by atoms with Crippen LogP contribution in [0.5, 0.6) is 0 Å².